The summed E-state index contributed by atoms with van der Waals surface area (Å²) in [5, 5.41) is 0. The zero-order chi connectivity index (χ0) is 19.9. The first-order valence-electron chi connectivity index (χ1n) is 10.4. The molecule has 5 nitrogen and oxygen atoms in total. The average molecular weight is 384 g/mol. The van der Waals surface area contributed by atoms with Crippen LogP contribution < -0.4 is 9.47 Å². The van der Waals surface area contributed by atoms with Gasteiger partial charge in [0.1, 0.15) is 5.82 Å². The number of nitrogens with zero attached hydrogens (tertiary/aromatic N) is 3. The Morgan fingerprint density at radius 3 is 2.64 bits per heavy atom. The van der Waals surface area contributed by atoms with E-state index < -0.39 is 0 Å². The number of rotatable bonds is 10. The maximum atomic E-state index is 6.06. The van der Waals surface area contributed by atoms with E-state index in [1.165, 1.54) is 19.3 Å². The average Bonchev–Trinajstić information content (AvgIpc) is 2.63. The standard InChI is InChI=1S/C23H33N3O2/c1-5-19-14-17(2)24-23(25-19)16-18-10-11-21(27-4)22(15-18)28-13-7-12-26(3)20-8-6-9-20/h10-11,14-15,20H,5-9,12-13,16H2,1-4H3. The highest BCUT2D eigenvalue weighted by molar-refractivity contribution is 5.43. The third-order valence-electron chi connectivity index (χ3n) is 5.52. The smallest absolute Gasteiger partial charge is 0.161 e. The summed E-state index contributed by atoms with van der Waals surface area (Å²) in [6.45, 7) is 5.90. The van der Waals surface area contributed by atoms with Crippen LogP contribution in [0.4, 0.5) is 0 Å². The lowest BCUT2D eigenvalue weighted by Gasteiger charge is -2.34. The van der Waals surface area contributed by atoms with Gasteiger partial charge >= 0.3 is 0 Å². The van der Waals surface area contributed by atoms with Gasteiger partial charge in [-0.2, -0.15) is 0 Å². The summed E-state index contributed by atoms with van der Waals surface area (Å²) < 4.78 is 11.5. The molecule has 1 aromatic carbocycles. The third-order valence-corrected chi connectivity index (χ3v) is 5.52. The maximum absolute atomic E-state index is 6.06. The molecular formula is C23H33N3O2. The van der Waals surface area contributed by atoms with Crippen molar-refractivity contribution >= 4 is 0 Å². The molecule has 0 radical (unpaired) electrons. The number of hydrogen-bond acceptors (Lipinski definition) is 5. The Hall–Kier alpha value is -2.14. The van der Waals surface area contributed by atoms with E-state index in [0.717, 1.165) is 59.7 Å². The molecular weight excluding hydrogens is 350 g/mol. The zero-order valence-corrected chi connectivity index (χ0v) is 17.7. The van der Waals surface area contributed by atoms with Crippen LogP contribution in [0.2, 0.25) is 0 Å². The molecule has 1 aliphatic rings. The molecule has 1 saturated carbocycles. The summed E-state index contributed by atoms with van der Waals surface area (Å²) in [6, 6.07) is 8.92. The van der Waals surface area contributed by atoms with Crippen LogP contribution in [0.3, 0.4) is 0 Å². The van der Waals surface area contributed by atoms with Crippen molar-refractivity contribution in [2.75, 3.05) is 27.3 Å². The van der Waals surface area contributed by atoms with Gasteiger partial charge in [0, 0.05) is 30.4 Å². The molecule has 1 fully saturated rings. The maximum Gasteiger partial charge on any atom is 0.161 e. The summed E-state index contributed by atoms with van der Waals surface area (Å²) in [5.41, 5.74) is 3.24. The van der Waals surface area contributed by atoms with Crippen molar-refractivity contribution in [1.29, 1.82) is 0 Å². The second-order valence-electron chi connectivity index (χ2n) is 7.70. The minimum atomic E-state index is 0.692. The van der Waals surface area contributed by atoms with Crippen molar-refractivity contribution in [3.8, 4) is 11.5 Å². The van der Waals surface area contributed by atoms with Gasteiger partial charge in [0.2, 0.25) is 0 Å². The Bertz CT molecular complexity index is 774. The molecule has 1 aliphatic carbocycles. The Labute approximate surface area is 169 Å². The van der Waals surface area contributed by atoms with E-state index in [4.69, 9.17) is 9.47 Å². The fourth-order valence-corrected chi connectivity index (χ4v) is 3.59. The van der Waals surface area contributed by atoms with Crippen LogP contribution in [0, 0.1) is 6.92 Å². The molecule has 2 aromatic rings. The van der Waals surface area contributed by atoms with Crippen LogP contribution in [0.15, 0.2) is 24.3 Å². The van der Waals surface area contributed by atoms with E-state index in [1.807, 2.05) is 19.1 Å². The lowest BCUT2D eigenvalue weighted by Crippen LogP contribution is -2.38. The van der Waals surface area contributed by atoms with E-state index in [2.05, 4.69) is 41.0 Å². The topological polar surface area (TPSA) is 47.5 Å². The Morgan fingerprint density at radius 2 is 1.96 bits per heavy atom. The normalized spacial score (nSPS) is 14.2. The molecule has 0 atom stereocenters. The molecule has 1 aromatic heterocycles. The van der Waals surface area contributed by atoms with E-state index in [1.54, 1.807) is 7.11 Å². The van der Waals surface area contributed by atoms with Gasteiger partial charge in [-0.1, -0.05) is 19.4 Å². The molecule has 0 amide bonds. The third kappa shape index (κ3) is 5.44. The fraction of sp³-hybridized carbons (Fsp3) is 0.565. The van der Waals surface area contributed by atoms with Gasteiger partial charge in [0.25, 0.3) is 0 Å². The summed E-state index contributed by atoms with van der Waals surface area (Å²) in [7, 11) is 3.90. The van der Waals surface area contributed by atoms with Gasteiger partial charge < -0.3 is 14.4 Å². The minimum absolute atomic E-state index is 0.692. The number of aryl methyl sites for hydroxylation is 2. The predicted octanol–water partition coefficient (Wildman–Crippen LogP) is 4.20. The largest absolute Gasteiger partial charge is 0.493 e. The Morgan fingerprint density at radius 1 is 1.14 bits per heavy atom. The Balaban J connectivity index is 1.60. The van der Waals surface area contributed by atoms with E-state index in [9.17, 15) is 0 Å². The predicted molar refractivity (Wildman–Crippen MR) is 112 cm³/mol. The molecule has 28 heavy (non-hydrogen) atoms. The number of benzene rings is 1. The molecule has 0 N–H and O–H groups in total. The molecule has 0 aliphatic heterocycles. The van der Waals surface area contributed by atoms with Crippen LogP contribution in [-0.2, 0) is 12.8 Å². The van der Waals surface area contributed by atoms with Crippen LogP contribution in [0.25, 0.3) is 0 Å². The molecule has 0 bridgehead atoms. The number of ether oxygens (including phenoxy) is 2. The molecule has 0 unspecified atom stereocenters. The minimum Gasteiger partial charge on any atom is -0.493 e. The highest BCUT2D eigenvalue weighted by atomic mass is 16.5. The van der Waals surface area contributed by atoms with Crippen molar-refractivity contribution in [2.45, 2.75) is 58.4 Å². The summed E-state index contributed by atoms with van der Waals surface area (Å²) in [4.78, 5) is 11.7. The van der Waals surface area contributed by atoms with Crippen molar-refractivity contribution in [2.24, 2.45) is 0 Å². The summed E-state index contributed by atoms with van der Waals surface area (Å²) in [6.07, 6.45) is 6.69. The van der Waals surface area contributed by atoms with Gasteiger partial charge in [-0.3, -0.25) is 0 Å². The van der Waals surface area contributed by atoms with Crippen molar-refractivity contribution in [1.82, 2.24) is 14.9 Å². The van der Waals surface area contributed by atoms with Crippen LogP contribution in [-0.4, -0.2) is 48.2 Å². The SMILES string of the molecule is CCc1cc(C)nc(Cc2ccc(OC)c(OCCCN(C)C3CCC3)c2)n1. The molecule has 1 heterocycles. The molecule has 152 valence electrons. The lowest BCUT2D eigenvalue weighted by molar-refractivity contribution is 0.148. The van der Waals surface area contributed by atoms with Gasteiger partial charge in [-0.05, 0) is 63.4 Å². The highest BCUT2D eigenvalue weighted by Gasteiger charge is 2.21. The van der Waals surface area contributed by atoms with Crippen molar-refractivity contribution in [3.05, 3.63) is 47.0 Å². The lowest BCUT2D eigenvalue weighted by atomic mass is 9.92. The first-order valence-corrected chi connectivity index (χ1v) is 10.4. The van der Waals surface area contributed by atoms with E-state index in [0.29, 0.717) is 13.0 Å². The molecule has 0 spiro atoms. The second kappa shape index (κ2) is 9.87. The quantitative estimate of drug-likeness (QED) is 0.576. The molecule has 3 rings (SSSR count). The molecule has 0 saturated heterocycles. The van der Waals surface area contributed by atoms with Crippen LogP contribution >= 0.6 is 0 Å². The fourth-order valence-electron chi connectivity index (χ4n) is 3.59. The monoisotopic (exact) mass is 383 g/mol. The second-order valence-corrected chi connectivity index (χ2v) is 7.70. The van der Waals surface area contributed by atoms with E-state index >= 15 is 0 Å². The number of aromatic nitrogens is 2. The van der Waals surface area contributed by atoms with E-state index in [-0.39, 0.29) is 0 Å². The van der Waals surface area contributed by atoms with Crippen molar-refractivity contribution in [3.63, 3.8) is 0 Å². The Kier molecular flexibility index (Phi) is 7.26. The van der Waals surface area contributed by atoms with Gasteiger partial charge in [0.15, 0.2) is 11.5 Å². The van der Waals surface area contributed by atoms with Gasteiger partial charge in [-0.25, -0.2) is 9.97 Å². The number of methoxy groups -OCH3 is 1. The summed E-state index contributed by atoms with van der Waals surface area (Å²) in [5.74, 6) is 2.43. The first-order chi connectivity index (χ1) is 13.6. The van der Waals surface area contributed by atoms with Crippen molar-refractivity contribution < 1.29 is 9.47 Å². The highest BCUT2D eigenvalue weighted by Crippen LogP contribution is 2.29. The molecule has 5 heteroatoms. The number of hydrogen-bond donors (Lipinski definition) is 0. The zero-order valence-electron chi connectivity index (χ0n) is 17.7. The first kappa shape index (κ1) is 20.6. The van der Waals surface area contributed by atoms with Crippen LogP contribution in [0.1, 0.15) is 55.4 Å². The van der Waals surface area contributed by atoms with Gasteiger partial charge in [-0.15, -0.1) is 0 Å². The van der Waals surface area contributed by atoms with Crippen LogP contribution in [0.5, 0.6) is 11.5 Å². The summed E-state index contributed by atoms with van der Waals surface area (Å²) >= 11 is 0. The van der Waals surface area contributed by atoms with Gasteiger partial charge in [0.05, 0.1) is 13.7 Å².